The van der Waals surface area contributed by atoms with Crippen molar-refractivity contribution in [1.29, 1.82) is 0 Å². The summed E-state index contributed by atoms with van der Waals surface area (Å²) >= 11 is 0. The molecule has 5 heteroatoms. The third-order valence-corrected chi connectivity index (χ3v) is 6.48. The van der Waals surface area contributed by atoms with E-state index in [9.17, 15) is 4.79 Å². The Labute approximate surface area is 171 Å². The zero-order chi connectivity index (χ0) is 19.7. The molecule has 2 aromatic heterocycles. The molecule has 0 bridgehead atoms. The number of pyridine rings is 2. The normalized spacial score (nSPS) is 22.4. The summed E-state index contributed by atoms with van der Waals surface area (Å²) in [7, 11) is 0. The van der Waals surface area contributed by atoms with E-state index >= 15 is 0 Å². The molecule has 1 spiro atoms. The lowest BCUT2D eigenvalue weighted by atomic mass is 9.73. The number of piperidine rings is 2. The minimum Gasteiger partial charge on any atom is -0.355 e. The molecule has 0 saturated carbocycles. The number of carbonyl (C=O) groups excluding carboxylic acids is 1. The third-order valence-electron chi connectivity index (χ3n) is 6.48. The van der Waals surface area contributed by atoms with Gasteiger partial charge in [0, 0.05) is 62.0 Å². The summed E-state index contributed by atoms with van der Waals surface area (Å²) in [4.78, 5) is 26.0. The maximum atomic E-state index is 12.6. The number of fused-ring (bicyclic) bond motifs is 1. The molecule has 4 heterocycles. The summed E-state index contributed by atoms with van der Waals surface area (Å²) in [5.41, 5.74) is 1.30. The highest BCUT2D eigenvalue weighted by Gasteiger charge is 2.42. The molecule has 0 aliphatic carbocycles. The Kier molecular flexibility index (Phi) is 4.66. The van der Waals surface area contributed by atoms with Crippen LogP contribution in [0.25, 0.3) is 10.8 Å². The summed E-state index contributed by atoms with van der Waals surface area (Å²) in [6, 6.07) is 14.6. The van der Waals surface area contributed by atoms with Crippen molar-refractivity contribution in [2.24, 2.45) is 5.41 Å². The predicted molar refractivity (Wildman–Crippen MR) is 115 cm³/mol. The first-order valence-electron chi connectivity index (χ1n) is 10.5. The van der Waals surface area contributed by atoms with E-state index in [-0.39, 0.29) is 11.3 Å². The standard InChI is InChI=1S/C24H26N4O/c29-22-6-11-24(18-28(22)16-19-7-12-25-13-8-19)10-3-15-27(17-24)23-21-5-2-1-4-20(21)9-14-26-23/h1-2,4-5,7-9,12-14H,3,6,10-11,15-18H2/t24-/m0/s1. The Morgan fingerprint density at radius 3 is 2.72 bits per heavy atom. The van der Waals surface area contributed by atoms with E-state index < -0.39 is 0 Å². The molecule has 0 radical (unpaired) electrons. The molecule has 2 saturated heterocycles. The molecular weight excluding hydrogens is 360 g/mol. The van der Waals surface area contributed by atoms with E-state index in [0.29, 0.717) is 13.0 Å². The van der Waals surface area contributed by atoms with Gasteiger partial charge < -0.3 is 9.80 Å². The molecule has 5 rings (SSSR count). The maximum Gasteiger partial charge on any atom is 0.222 e. The van der Waals surface area contributed by atoms with Gasteiger partial charge in [0.15, 0.2) is 0 Å². The topological polar surface area (TPSA) is 49.3 Å². The monoisotopic (exact) mass is 386 g/mol. The van der Waals surface area contributed by atoms with Gasteiger partial charge in [0.1, 0.15) is 5.82 Å². The molecule has 2 aliphatic rings. The minimum absolute atomic E-state index is 0.151. The zero-order valence-corrected chi connectivity index (χ0v) is 16.6. The van der Waals surface area contributed by atoms with Gasteiger partial charge >= 0.3 is 0 Å². The quantitative estimate of drug-likeness (QED) is 0.682. The lowest BCUT2D eigenvalue weighted by molar-refractivity contribution is -0.138. The molecule has 148 valence electrons. The Morgan fingerprint density at radius 2 is 1.83 bits per heavy atom. The van der Waals surface area contributed by atoms with E-state index in [1.165, 1.54) is 17.2 Å². The fraction of sp³-hybridized carbons (Fsp3) is 0.375. The number of benzene rings is 1. The van der Waals surface area contributed by atoms with Gasteiger partial charge in [-0.2, -0.15) is 0 Å². The van der Waals surface area contributed by atoms with Crippen LogP contribution in [0.1, 0.15) is 31.2 Å². The van der Waals surface area contributed by atoms with Crippen LogP contribution in [0, 0.1) is 5.41 Å². The number of anilines is 1. The summed E-state index contributed by atoms with van der Waals surface area (Å²) in [6.07, 6.45) is 9.44. The third kappa shape index (κ3) is 3.57. The smallest absolute Gasteiger partial charge is 0.222 e. The first kappa shape index (κ1) is 18.1. The number of aromatic nitrogens is 2. The first-order chi connectivity index (χ1) is 14.2. The molecule has 0 N–H and O–H groups in total. The molecule has 3 aromatic rings. The minimum atomic E-state index is 0.151. The van der Waals surface area contributed by atoms with Crippen molar-refractivity contribution in [3.63, 3.8) is 0 Å². The lowest BCUT2D eigenvalue weighted by Crippen LogP contribution is -2.54. The Morgan fingerprint density at radius 1 is 0.966 bits per heavy atom. The number of hydrogen-bond acceptors (Lipinski definition) is 4. The first-order valence-corrected chi connectivity index (χ1v) is 10.5. The molecule has 2 fully saturated rings. The van der Waals surface area contributed by atoms with Crippen molar-refractivity contribution in [2.75, 3.05) is 24.5 Å². The van der Waals surface area contributed by atoms with Crippen LogP contribution in [0.15, 0.2) is 61.1 Å². The SMILES string of the molecule is O=C1CC[C@]2(CCCN(c3nccc4ccccc34)C2)CN1Cc1ccncc1. The van der Waals surface area contributed by atoms with Crippen LogP contribution in [-0.4, -0.2) is 40.4 Å². The van der Waals surface area contributed by atoms with Crippen molar-refractivity contribution < 1.29 is 4.79 Å². The number of rotatable bonds is 3. The highest BCUT2D eigenvalue weighted by atomic mass is 16.2. The highest BCUT2D eigenvalue weighted by Crippen LogP contribution is 2.41. The fourth-order valence-corrected chi connectivity index (χ4v) is 5.03. The molecule has 29 heavy (non-hydrogen) atoms. The van der Waals surface area contributed by atoms with Crippen LogP contribution in [0.3, 0.4) is 0 Å². The number of amides is 1. The molecule has 1 aromatic carbocycles. The number of nitrogens with zero attached hydrogens (tertiary/aromatic N) is 4. The van der Waals surface area contributed by atoms with Crippen molar-refractivity contribution in [3.05, 3.63) is 66.6 Å². The van der Waals surface area contributed by atoms with E-state index in [4.69, 9.17) is 4.98 Å². The highest BCUT2D eigenvalue weighted by molar-refractivity contribution is 5.92. The lowest BCUT2D eigenvalue weighted by Gasteiger charge is -2.48. The van der Waals surface area contributed by atoms with Gasteiger partial charge in [0.05, 0.1) is 0 Å². The number of hydrogen-bond donors (Lipinski definition) is 0. The summed E-state index contributed by atoms with van der Waals surface area (Å²) < 4.78 is 0. The largest absolute Gasteiger partial charge is 0.355 e. The number of carbonyl (C=O) groups is 1. The van der Waals surface area contributed by atoms with Gasteiger partial charge in [0.2, 0.25) is 5.91 Å². The van der Waals surface area contributed by atoms with E-state index in [1.54, 1.807) is 12.4 Å². The van der Waals surface area contributed by atoms with Crippen LogP contribution in [0.4, 0.5) is 5.82 Å². The second kappa shape index (κ2) is 7.47. The average Bonchev–Trinajstić information content (AvgIpc) is 2.77. The van der Waals surface area contributed by atoms with Crippen LogP contribution in [-0.2, 0) is 11.3 Å². The van der Waals surface area contributed by atoms with Crippen LogP contribution >= 0.6 is 0 Å². The van der Waals surface area contributed by atoms with Gasteiger partial charge in [-0.25, -0.2) is 4.98 Å². The summed E-state index contributed by atoms with van der Waals surface area (Å²) in [6.45, 7) is 3.50. The zero-order valence-electron chi connectivity index (χ0n) is 16.6. The predicted octanol–water partition coefficient (Wildman–Crippen LogP) is 4.04. The van der Waals surface area contributed by atoms with Crippen LogP contribution < -0.4 is 4.90 Å². The van der Waals surface area contributed by atoms with Gasteiger partial charge in [0.25, 0.3) is 0 Å². The Bertz CT molecular complexity index is 1020. The maximum absolute atomic E-state index is 12.6. The van der Waals surface area contributed by atoms with E-state index in [2.05, 4.69) is 45.1 Å². The fourth-order valence-electron chi connectivity index (χ4n) is 5.03. The molecular formula is C24H26N4O. The molecule has 1 atom stereocenters. The van der Waals surface area contributed by atoms with Crippen molar-refractivity contribution >= 4 is 22.5 Å². The number of likely N-dealkylation sites (tertiary alicyclic amines) is 1. The van der Waals surface area contributed by atoms with Gasteiger partial charge in [-0.1, -0.05) is 24.3 Å². The van der Waals surface area contributed by atoms with Crippen molar-refractivity contribution in [1.82, 2.24) is 14.9 Å². The Hall–Kier alpha value is -2.95. The average molecular weight is 386 g/mol. The second-order valence-corrected chi connectivity index (χ2v) is 8.49. The van der Waals surface area contributed by atoms with Crippen molar-refractivity contribution in [2.45, 2.75) is 32.2 Å². The van der Waals surface area contributed by atoms with Crippen LogP contribution in [0.2, 0.25) is 0 Å². The Balaban J connectivity index is 1.39. The van der Waals surface area contributed by atoms with Gasteiger partial charge in [-0.3, -0.25) is 9.78 Å². The van der Waals surface area contributed by atoms with E-state index in [0.717, 1.165) is 43.9 Å². The van der Waals surface area contributed by atoms with Crippen LogP contribution in [0.5, 0.6) is 0 Å². The second-order valence-electron chi connectivity index (χ2n) is 8.49. The van der Waals surface area contributed by atoms with E-state index in [1.807, 2.05) is 18.3 Å². The molecule has 0 unspecified atom stereocenters. The molecule has 1 amide bonds. The summed E-state index contributed by atoms with van der Waals surface area (Å²) in [5, 5.41) is 2.45. The molecule has 2 aliphatic heterocycles. The molecule has 5 nitrogen and oxygen atoms in total. The van der Waals surface area contributed by atoms with Gasteiger partial charge in [-0.15, -0.1) is 0 Å². The summed E-state index contributed by atoms with van der Waals surface area (Å²) in [5.74, 6) is 1.35. The van der Waals surface area contributed by atoms with Crippen molar-refractivity contribution in [3.8, 4) is 0 Å². The van der Waals surface area contributed by atoms with Gasteiger partial charge in [-0.05, 0) is 48.4 Å².